The van der Waals surface area contributed by atoms with E-state index < -0.39 is 17.8 Å². The van der Waals surface area contributed by atoms with Crippen LogP contribution in [0.15, 0.2) is 40.4 Å². The predicted octanol–water partition coefficient (Wildman–Crippen LogP) is 4.13. The molecule has 0 aromatic heterocycles. The average Bonchev–Trinajstić information content (AvgIpc) is 2.65. The fourth-order valence-electron chi connectivity index (χ4n) is 2.77. The summed E-state index contributed by atoms with van der Waals surface area (Å²) < 4.78 is 6.73. The molecule has 0 atom stereocenters. The minimum atomic E-state index is -0.811. The van der Waals surface area contributed by atoms with Gasteiger partial charge in [0.2, 0.25) is 0 Å². The van der Waals surface area contributed by atoms with Crippen molar-refractivity contribution in [2.45, 2.75) is 13.8 Å². The Hall–Kier alpha value is -2.40. The van der Waals surface area contributed by atoms with Crippen LogP contribution < -0.4 is 15.0 Å². The summed E-state index contributed by atoms with van der Waals surface area (Å²) in [5.74, 6) is -1.30. The van der Waals surface area contributed by atoms with E-state index in [2.05, 4.69) is 21.2 Å². The van der Waals surface area contributed by atoms with Crippen molar-refractivity contribution in [1.82, 2.24) is 5.32 Å². The summed E-state index contributed by atoms with van der Waals surface area (Å²) >= 11 is 5.31. The number of phenolic OH excluding ortho intramolecular Hbond substituents is 1. The molecular weight excluding hydrogens is 555 g/mol. The molecule has 1 aliphatic heterocycles. The molecule has 150 valence electrons. The predicted molar refractivity (Wildman–Crippen MR) is 120 cm³/mol. The van der Waals surface area contributed by atoms with Gasteiger partial charge >= 0.3 is 6.03 Å². The number of nitrogens with one attached hydrogen (secondary N) is 1. The lowest BCUT2D eigenvalue weighted by Gasteiger charge is -2.26. The second-order valence-corrected chi connectivity index (χ2v) is 8.19. The Morgan fingerprint density at radius 2 is 1.97 bits per heavy atom. The van der Waals surface area contributed by atoms with Gasteiger partial charge in [-0.2, -0.15) is 0 Å². The Kier molecular flexibility index (Phi) is 6.27. The standard InChI is InChI=1S/C20H16BrIN2O5/c1-3-29-16-9-11(8-15(22)17(16)25)7-13-18(26)23-20(28)24(19(13)27)12-4-5-14(21)10(2)6-12/h4-9,25H,3H2,1-2H3,(H,23,26,28)/b13-7+. The van der Waals surface area contributed by atoms with Crippen molar-refractivity contribution in [3.8, 4) is 11.5 Å². The molecule has 1 saturated heterocycles. The van der Waals surface area contributed by atoms with E-state index >= 15 is 0 Å². The number of phenols is 1. The van der Waals surface area contributed by atoms with Crippen LogP contribution in [0, 0.1) is 10.5 Å². The molecule has 9 heteroatoms. The van der Waals surface area contributed by atoms with Crippen molar-refractivity contribution in [1.29, 1.82) is 0 Å². The molecule has 1 aliphatic rings. The van der Waals surface area contributed by atoms with Crippen molar-refractivity contribution in [3.63, 3.8) is 0 Å². The fourth-order valence-corrected chi connectivity index (χ4v) is 3.64. The van der Waals surface area contributed by atoms with Gasteiger partial charge in [-0.05, 0) is 84.0 Å². The fraction of sp³-hybridized carbons (Fsp3) is 0.150. The quantitative estimate of drug-likeness (QED) is 0.327. The average molecular weight is 571 g/mol. The molecule has 2 N–H and O–H groups in total. The third-order valence-electron chi connectivity index (χ3n) is 4.16. The highest BCUT2D eigenvalue weighted by Crippen LogP contribution is 2.34. The van der Waals surface area contributed by atoms with Crippen LogP contribution in [-0.2, 0) is 9.59 Å². The highest BCUT2D eigenvalue weighted by molar-refractivity contribution is 14.1. The van der Waals surface area contributed by atoms with Gasteiger partial charge < -0.3 is 9.84 Å². The van der Waals surface area contributed by atoms with Gasteiger partial charge in [0.15, 0.2) is 11.5 Å². The number of aryl methyl sites for hydroxylation is 1. The molecule has 0 saturated carbocycles. The zero-order valence-corrected chi connectivity index (χ0v) is 19.2. The number of ether oxygens (including phenoxy) is 1. The van der Waals surface area contributed by atoms with E-state index in [1.807, 2.05) is 29.5 Å². The van der Waals surface area contributed by atoms with E-state index in [0.717, 1.165) is 14.9 Å². The number of carbonyl (C=O) groups is 3. The van der Waals surface area contributed by atoms with Crippen molar-refractivity contribution in [2.75, 3.05) is 11.5 Å². The number of nitrogens with zero attached hydrogens (tertiary/aromatic N) is 1. The molecule has 4 amide bonds. The Bertz CT molecular complexity index is 1070. The smallest absolute Gasteiger partial charge is 0.335 e. The number of amides is 4. The minimum Gasteiger partial charge on any atom is -0.504 e. The summed E-state index contributed by atoms with van der Waals surface area (Å²) in [7, 11) is 0. The number of hydrogen-bond donors (Lipinski definition) is 2. The molecule has 0 radical (unpaired) electrons. The zero-order valence-electron chi connectivity index (χ0n) is 15.5. The lowest BCUT2D eigenvalue weighted by Crippen LogP contribution is -2.54. The molecule has 1 heterocycles. The monoisotopic (exact) mass is 570 g/mol. The second-order valence-electron chi connectivity index (χ2n) is 6.17. The first-order valence-corrected chi connectivity index (χ1v) is 10.4. The number of hydrogen-bond acceptors (Lipinski definition) is 5. The molecule has 0 aliphatic carbocycles. The summed E-state index contributed by atoms with van der Waals surface area (Å²) in [4.78, 5) is 38.6. The van der Waals surface area contributed by atoms with Gasteiger partial charge in [-0.15, -0.1) is 0 Å². The van der Waals surface area contributed by atoms with E-state index in [4.69, 9.17) is 4.74 Å². The summed E-state index contributed by atoms with van der Waals surface area (Å²) in [6.45, 7) is 3.95. The number of rotatable bonds is 4. The normalized spacial score (nSPS) is 15.7. The largest absolute Gasteiger partial charge is 0.504 e. The van der Waals surface area contributed by atoms with Crippen LogP contribution in [0.1, 0.15) is 18.1 Å². The van der Waals surface area contributed by atoms with Crippen LogP contribution in [0.25, 0.3) is 6.08 Å². The molecule has 0 bridgehead atoms. The number of halogens is 2. The molecule has 29 heavy (non-hydrogen) atoms. The molecule has 7 nitrogen and oxygen atoms in total. The van der Waals surface area contributed by atoms with E-state index in [9.17, 15) is 19.5 Å². The van der Waals surface area contributed by atoms with E-state index in [1.54, 1.807) is 31.2 Å². The maximum Gasteiger partial charge on any atom is 0.335 e. The lowest BCUT2D eigenvalue weighted by molar-refractivity contribution is -0.122. The number of barbiturate groups is 1. The van der Waals surface area contributed by atoms with Gasteiger partial charge in [0.25, 0.3) is 11.8 Å². The number of aromatic hydroxyl groups is 1. The van der Waals surface area contributed by atoms with E-state index in [0.29, 0.717) is 21.4 Å². The summed E-state index contributed by atoms with van der Waals surface area (Å²) in [5.41, 5.74) is 1.46. The van der Waals surface area contributed by atoms with E-state index in [-0.39, 0.29) is 17.1 Å². The Labute approximate surface area is 189 Å². The number of urea groups is 1. The molecule has 1 fully saturated rings. The van der Waals surface area contributed by atoms with Gasteiger partial charge in [-0.1, -0.05) is 15.9 Å². The summed E-state index contributed by atoms with van der Waals surface area (Å²) in [6.07, 6.45) is 1.37. The number of carbonyl (C=O) groups excluding carboxylic acids is 3. The number of benzene rings is 2. The van der Waals surface area contributed by atoms with Crippen molar-refractivity contribution in [3.05, 3.63) is 55.1 Å². The first-order chi connectivity index (χ1) is 13.7. The van der Waals surface area contributed by atoms with Gasteiger partial charge in [0.1, 0.15) is 5.57 Å². The van der Waals surface area contributed by atoms with Crippen molar-refractivity contribution >= 4 is 68.1 Å². The Balaban J connectivity index is 2.05. The first-order valence-electron chi connectivity index (χ1n) is 8.55. The van der Waals surface area contributed by atoms with Crippen LogP contribution in [0.3, 0.4) is 0 Å². The summed E-state index contributed by atoms with van der Waals surface area (Å²) in [5, 5.41) is 12.3. The molecule has 2 aromatic rings. The third-order valence-corrected chi connectivity index (χ3v) is 5.88. The molecule has 2 aromatic carbocycles. The molecule has 0 spiro atoms. The van der Waals surface area contributed by atoms with Gasteiger partial charge in [0.05, 0.1) is 15.9 Å². The maximum absolute atomic E-state index is 13.0. The van der Waals surface area contributed by atoms with Crippen molar-refractivity contribution < 1.29 is 24.2 Å². The zero-order chi connectivity index (χ0) is 21.3. The molecule has 3 rings (SSSR count). The first kappa shape index (κ1) is 21.3. The molecule has 0 unspecified atom stereocenters. The van der Waals surface area contributed by atoms with E-state index in [1.165, 1.54) is 12.1 Å². The van der Waals surface area contributed by atoms with Gasteiger partial charge in [-0.25, -0.2) is 9.69 Å². The Morgan fingerprint density at radius 1 is 1.24 bits per heavy atom. The highest BCUT2D eigenvalue weighted by Gasteiger charge is 2.37. The van der Waals surface area contributed by atoms with Crippen LogP contribution in [0.2, 0.25) is 0 Å². The molecular formula is C20H16BrIN2O5. The van der Waals surface area contributed by atoms with Crippen LogP contribution >= 0.6 is 38.5 Å². The Morgan fingerprint density at radius 3 is 2.62 bits per heavy atom. The number of imide groups is 2. The van der Waals surface area contributed by atoms with Gasteiger partial charge in [0, 0.05) is 4.47 Å². The maximum atomic E-state index is 13.0. The third kappa shape index (κ3) is 4.30. The highest BCUT2D eigenvalue weighted by atomic mass is 127. The minimum absolute atomic E-state index is 0.0174. The second kappa shape index (κ2) is 8.54. The van der Waals surface area contributed by atoms with Gasteiger partial charge in [-0.3, -0.25) is 14.9 Å². The van der Waals surface area contributed by atoms with Crippen LogP contribution in [-0.4, -0.2) is 29.6 Å². The SMILES string of the molecule is CCOc1cc(/C=C2\C(=O)NC(=O)N(c3ccc(Br)c(C)c3)C2=O)cc(I)c1O. The van der Waals surface area contributed by atoms with Crippen LogP contribution in [0.4, 0.5) is 10.5 Å². The summed E-state index contributed by atoms with van der Waals surface area (Å²) in [6, 6.07) is 7.33. The topological polar surface area (TPSA) is 95.9 Å². The van der Waals surface area contributed by atoms with Crippen molar-refractivity contribution in [2.24, 2.45) is 0 Å². The lowest BCUT2D eigenvalue weighted by atomic mass is 10.1. The number of anilines is 1. The van der Waals surface area contributed by atoms with Crippen LogP contribution in [0.5, 0.6) is 11.5 Å².